The Balaban J connectivity index is 3.99. The first-order valence-electron chi connectivity index (χ1n) is 14.2. The number of phosphoric acid groups is 1. The Morgan fingerprint density at radius 2 is 1.34 bits per heavy atom. The molecular formula is C27H58N2O5P+. The molecule has 0 spiro atoms. The normalized spacial score (nSPS) is 14.7. The predicted molar refractivity (Wildman–Crippen MR) is 146 cm³/mol. The van der Waals surface area contributed by atoms with Crippen molar-refractivity contribution < 1.29 is 27.8 Å². The fourth-order valence-electron chi connectivity index (χ4n) is 3.99. The Morgan fingerprint density at radius 3 is 1.80 bits per heavy atom. The minimum atomic E-state index is -4.13. The summed E-state index contributed by atoms with van der Waals surface area (Å²) in [7, 11) is 1.82. The Bertz CT molecular complexity index is 566. The minimum absolute atomic E-state index is 0.0129. The van der Waals surface area contributed by atoms with E-state index in [0.29, 0.717) is 29.8 Å². The first-order valence-corrected chi connectivity index (χ1v) is 15.7. The van der Waals surface area contributed by atoms with Gasteiger partial charge < -0.3 is 14.7 Å². The molecule has 1 amide bonds. The number of rotatable bonds is 24. The van der Waals surface area contributed by atoms with Crippen molar-refractivity contribution in [2.75, 3.05) is 40.9 Å². The summed E-state index contributed by atoms with van der Waals surface area (Å²) in [5, 5.41) is 2.99. The van der Waals surface area contributed by atoms with E-state index in [0.717, 1.165) is 12.8 Å². The van der Waals surface area contributed by atoms with Crippen molar-refractivity contribution in [3.05, 3.63) is 0 Å². The molecule has 2 atom stereocenters. The van der Waals surface area contributed by atoms with Crippen molar-refractivity contribution >= 4 is 13.7 Å². The molecule has 0 saturated carbocycles. The minimum Gasteiger partial charge on any atom is -0.351 e. The molecule has 35 heavy (non-hydrogen) atoms. The van der Waals surface area contributed by atoms with E-state index < -0.39 is 7.82 Å². The average Bonchev–Trinajstić information content (AvgIpc) is 2.74. The molecule has 1 unspecified atom stereocenters. The number of nitrogens with zero attached hydrogens (tertiary/aromatic N) is 1. The summed E-state index contributed by atoms with van der Waals surface area (Å²) in [4.78, 5) is 22.4. The summed E-state index contributed by atoms with van der Waals surface area (Å²) in [5.74, 6) is 0.318. The SMILES string of the molecule is CCCCCCCCCCCCCCCC(=O)N[C@@H](COP(=O)(O)OCC[N+](C)(C)C)CC(C)C. The van der Waals surface area contributed by atoms with Gasteiger partial charge in [-0.15, -0.1) is 0 Å². The topological polar surface area (TPSA) is 84.9 Å². The Labute approximate surface area is 216 Å². The first-order chi connectivity index (χ1) is 16.4. The van der Waals surface area contributed by atoms with E-state index in [1.54, 1.807) is 0 Å². The molecule has 2 N–H and O–H groups in total. The van der Waals surface area contributed by atoms with Gasteiger partial charge in [0, 0.05) is 6.42 Å². The third-order valence-electron chi connectivity index (χ3n) is 6.08. The number of unbranched alkanes of at least 4 members (excludes halogenated alkanes) is 12. The van der Waals surface area contributed by atoms with Crippen LogP contribution in [0.4, 0.5) is 0 Å². The second kappa shape index (κ2) is 20.6. The largest absolute Gasteiger partial charge is 0.472 e. The van der Waals surface area contributed by atoms with Gasteiger partial charge in [0.1, 0.15) is 13.2 Å². The molecule has 0 aromatic carbocycles. The molecule has 0 aromatic rings. The summed E-state index contributed by atoms with van der Waals surface area (Å²) in [6.07, 6.45) is 17.8. The van der Waals surface area contributed by atoms with Crippen LogP contribution in [0.3, 0.4) is 0 Å². The standard InChI is InChI=1S/C27H57N2O5P/c1-7-8-9-10-11-12-13-14-15-16-17-18-19-20-27(30)28-26(23-25(2)3)24-34-35(31,32)33-22-21-29(4,5)6/h25-26H,7-24H2,1-6H3,(H-,28,30,31,32)/p+1/t26-/m1/s1. The number of quaternary nitrogens is 1. The van der Waals surface area contributed by atoms with Crippen LogP contribution in [0, 0.1) is 5.92 Å². The van der Waals surface area contributed by atoms with E-state index in [4.69, 9.17) is 9.05 Å². The van der Waals surface area contributed by atoms with Crippen molar-refractivity contribution in [3.63, 3.8) is 0 Å². The molecule has 0 aliphatic rings. The lowest BCUT2D eigenvalue weighted by molar-refractivity contribution is -0.870. The third-order valence-corrected chi connectivity index (χ3v) is 7.07. The zero-order chi connectivity index (χ0) is 26.6. The maximum absolute atomic E-state index is 12.4. The molecule has 7 nitrogen and oxygen atoms in total. The average molecular weight is 522 g/mol. The lowest BCUT2D eigenvalue weighted by atomic mass is 10.0. The van der Waals surface area contributed by atoms with Crippen molar-refractivity contribution in [3.8, 4) is 0 Å². The van der Waals surface area contributed by atoms with E-state index in [-0.39, 0.29) is 25.2 Å². The van der Waals surface area contributed by atoms with Crippen molar-refractivity contribution in [1.29, 1.82) is 0 Å². The van der Waals surface area contributed by atoms with Gasteiger partial charge in [-0.05, 0) is 18.8 Å². The van der Waals surface area contributed by atoms with Crippen LogP contribution < -0.4 is 5.32 Å². The number of phosphoric ester groups is 1. The van der Waals surface area contributed by atoms with Gasteiger partial charge in [0.2, 0.25) is 5.91 Å². The third kappa shape index (κ3) is 25.0. The lowest BCUT2D eigenvalue weighted by Crippen LogP contribution is -2.39. The fourth-order valence-corrected chi connectivity index (χ4v) is 4.75. The van der Waals surface area contributed by atoms with Crippen LogP contribution in [-0.4, -0.2) is 62.2 Å². The van der Waals surface area contributed by atoms with Crippen LogP contribution >= 0.6 is 7.82 Å². The molecule has 8 heteroatoms. The quantitative estimate of drug-likeness (QED) is 0.0825. The zero-order valence-corrected chi connectivity index (χ0v) is 24.8. The van der Waals surface area contributed by atoms with Gasteiger partial charge in [-0.1, -0.05) is 97.8 Å². The summed E-state index contributed by atoms with van der Waals surface area (Å²) < 4.78 is 23.1. The fraction of sp³-hybridized carbons (Fsp3) is 0.963. The van der Waals surface area contributed by atoms with Crippen molar-refractivity contribution in [2.45, 2.75) is 123 Å². The highest BCUT2D eigenvalue weighted by molar-refractivity contribution is 7.47. The van der Waals surface area contributed by atoms with Gasteiger partial charge >= 0.3 is 7.82 Å². The maximum Gasteiger partial charge on any atom is 0.472 e. The molecule has 0 aliphatic carbocycles. The monoisotopic (exact) mass is 521 g/mol. The summed E-state index contributed by atoms with van der Waals surface area (Å²) in [6.45, 7) is 7.08. The van der Waals surface area contributed by atoms with Gasteiger partial charge in [-0.3, -0.25) is 13.8 Å². The molecule has 210 valence electrons. The van der Waals surface area contributed by atoms with Crippen LogP contribution in [0.1, 0.15) is 117 Å². The molecule has 0 heterocycles. The highest BCUT2D eigenvalue weighted by Crippen LogP contribution is 2.43. The summed E-state index contributed by atoms with van der Waals surface area (Å²) >= 11 is 0. The van der Waals surface area contributed by atoms with E-state index in [9.17, 15) is 14.3 Å². The molecule has 0 rings (SSSR count). The van der Waals surface area contributed by atoms with E-state index in [1.165, 1.54) is 70.6 Å². The summed E-state index contributed by atoms with van der Waals surface area (Å²) in [5.41, 5.74) is 0. The molecular weight excluding hydrogens is 463 g/mol. The number of amides is 1. The zero-order valence-electron chi connectivity index (χ0n) is 23.9. The molecule has 0 fully saturated rings. The number of carbonyl (C=O) groups is 1. The molecule has 0 aromatic heterocycles. The van der Waals surface area contributed by atoms with E-state index in [1.807, 2.05) is 21.1 Å². The Hall–Kier alpha value is -0.460. The Morgan fingerprint density at radius 1 is 0.857 bits per heavy atom. The predicted octanol–water partition coefficient (Wildman–Crippen LogP) is 6.84. The van der Waals surface area contributed by atoms with Gasteiger partial charge in [0.15, 0.2) is 0 Å². The lowest BCUT2D eigenvalue weighted by Gasteiger charge is -2.25. The highest BCUT2D eigenvalue weighted by atomic mass is 31.2. The Kier molecular flexibility index (Phi) is 20.3. The van der Waals surface area contributed by atoms with E-state index in [2.05, 4.69) is 26.1 Å². The molecule has 0 bridgehead atoms. The highest BCUT2D eigenvalue weighted by Gasteiger charge is 2.25. The maximum atomic E-state index is 12.4. The number of nitrogens with one attached hydrogen (secondary N) is 1. The second-order valence-corrected chi connectivity index (χ2v) is 13.0. The van der Waals surface area contributed by atoms with Gasteiger partial charge in [-0.25, -0.2) is 4.57 Å². The van der Waals surface area contributed by atoms with Crippen LogP contribution in [0.15, 0.2) is 0 Å². The molecule has 0 radical (unpaired) electrons. The van der Waals surface area contributed by atoms with Gasteiger partial charge in [0.05, 0.1) is 33.8 Å². The molecule has 0 aliphatic heterocycles. The number of hydrogen-bond donors (Lipinski definition) is 2. The number of carbonyl (C=O) groups excluding carboxylic acids is 1. The first kappa shape index (κ1) is 34.5. The van der Waals surface area contributed by atoms with Crippen molar-refractivity contribution in [1.82, 2.24) is 5.32 Å². The molecule has 0 saturated heterocycles. The van der Waals surface area contributed by atoms with Crippen LogP contribution in [-0.2, 0) is 18.4 Å². The van der Waals surface area contributed by atoms with Gasteiger partial charge in [0.25, 0.3) is 0 Å². The smallest absolute Gasteiger partial charge is 0.351 e. The van der Waals surface area contributed by atoms with Gasteiger partial charge in [-0.2, -0.15) is 0 Å². The van der Waals surface area contributed by atoms with Crippen LogP contribution in [0.25, 0.3) is 0 Å². The second-order valence-electron chi connectivity index (χ2n) is 11.5. The number of hydrogen-bond acceptors (Lipinski definition) is 4. The number of likely N-dealkylation sites (N-methyl/N-ethyl adjacent to an activating group) is 1. The van der Waals surface area contributed by atoms with Crippen LogP contribution in [0.5, 0.6) is 0 Å². The van der Waals surface area contributed by atoms with E-state index >= 15 is 0 Å². The van der Waals surface area contributed by atoms with Crippen molar-refractivity contribution in [2.24, 2.45) is 5.92 Å². The summed E-state index contributed by atoms with van der Waals surface area (Å²) in [6, 6.07) is -0.299. The van der Waals surface area contributed by atoms with Crippen LogP contribution in [0.2, 0.25) is 0 Å².